The molecular formula is C13H22N2O. The number of hydrogen-bond acceptors (Lipinski definition) is 3. The van der Waals surface area contributed by atoms with Crippen LogP contribution in [0.2, 0.25) is 0 Å². The minimum Gasteiger partial charge on any atom is -0.494 e. The monoisotopic (exact) mass is 222 g/mol. The van der Waals surface area contributed by atoms with Crippen molar-refractivity contribution >= 4 is 0 Å². The second kappa shape index (κ2) is 6.51. The van der Waals surface area contributed by atoms with Crippen molar-refractivity contribution in [3.8, 4) is 5.75 Å². The highest BCUT2D eigenvalue weighted by atomic mass is 16.5. The van der Waals surface area contributed by atoms with Gasteiger partial charge in [-0.05, 0) is 30.5 Å². The Balaban J connectivity index is 2.78. The fraction of sp³-hybridized carbons (Fsp3) is 0.538. The van der Waals surface area contributed by atoms with Crippen LogP contribution in [0.15, 0.2) is 24.3 Å². The number of ether oxygens (including phenoxy) is 1. The summed E-state index contributed by atoms with van der Waals surface area (Å²) >= 11 is 0. The van der Waals surface area contributed by atoms with Crippen LogP contribution in [0.5, 0.6) is 5.75 Å². The fourth-order valence-electron chi connectivity index (χ4n) is 1.76. The van der Waals surface area contributed by atoms with Crippen molar-refractivity contribution in [2.75, 3.05) is 6.61 Å². The van der Waals surface area contributed by atoms with E-state index in [-0.39, 0.29) is 6.04 Å². The third-order valence-corrected chi connectivity index (χ3v) is 2.94. The number of nitrogens with one attached hydrogen (secondary N) is 1. The molecule has 1 aromatic carbocycles. The van der Waals surface area contributed by atoms with Gasteiger partial charge in [-0.15, -0.1) is 0 Å². The Morgan fingerprint density at radius 1 is 1.25 bits per heavy atom. The van der Waals surface area contributed by atoms with Gasteiger partial charge in [-0.25, -0.2) is 0 Å². The summed E-state index contributed by atoms with van der Waals surface area (Å²) in [6.07, 6.45) is 1.10. The molecule has 0 aliphatic rings. The Kier molecular flexibility index (Phi) is 5.29. The van der Waals surface area contributed by atoms with Gasteiger partial charge < -0.3 is 4.74 Å². The molecular weight excluding hydrogens is 200 g/mol. The zero-order chi connectivity index (χ0) is 12.0. The molecule has 0 heterocycles. The summed E-state index contributed by atoms with van der Waals surface area (Å²) in [6, 6.07) is 8.33. The molecule has 0 saturated carbocycles. The molecule has 1 rings (SSSR count). The van der Waals surface area contributed by atoms with E-state index in [1.165, 1.54) is 5.56 Å². The van der Waals surface area contributed by atoms with Crippen molar-refractivity contribution in [2.24, 2.45) is 11.8 Å². The van der Waals surface area contributed by atoms with Crippen LogP contribution in [0.3, 0.4) is 0 Å². The quantitative estimate of drug-likeness (QED) is 0.574. The molecule has 2 unspecified atom stereocenters. The normalized spacial score (nSPS) is 14.5. The van der Waals surface area contributed by atoms with E-state index in [1.54, 1.807) is 0 Å². The predicted octanol–water partition coefficient (Wildman–Crippen LogP) is 2.64. The van der Waals surface area contributed by atoms with Gasteiger partial charge in [-0.2, -0.15) is 0 Å². The van der Waals surface area contributed by atoms with Crippen LogP contribution >= 0.6 is 0 Å². The van der Waals surface area contributed by atoms with Gasteiger partial charge in [-0.3, -0.25) is 11.3 Å². The summed E-state index contributed by atoms with van der Waals surface area (Å²) in [6.45, 7) is 7.05. The van der Waals surface area contributed by atoms with Crippen LogP contribution in [0, 0.1) is 5.92 Å². The number of nitrogens with two attached hydrogens (primary N) is 1. The van der Waals surface area contributed by atoms with E-state index in [2.05, 4.69) is 31.4 Å². The molecule has 3 nitrogen and oxygen atoms in total. The van der Waals surface area contributed by atoms with Crippen LogP contribution in [-0.4, -0.2) is 6.61 Å². The van der Waals surface area contributed by atoms with Crippen LogP contribution in [0.1, 0.15) is 38.8 Å². The van der Waals surface area contributed by atoms with Gasteiger partial charge in [-0.1, -0.05) is 32.4 Å². The van der Waals surface area contributed by atoms with Crippen molar-refractivity contribution in [2.45, 2.75) is 33.2 Å². The lowest BCUT2D eigenvalue weighted by atomic mass is 9.93. The van der Waals surface area contributed by atoms with Gasteiger partial charge in [0.15, 0.2) is 0 Å². The molecule has 1 aromatic rings. The van der Waals surface area contributed by atoms with E-state index >= 15 is 0 Å². The highest BCUT2D eigenvalue weighted by Crippen LogP contribution is 2.25. The van der Waals surface area contributed by atoms with Gasteiger partial charge in [0.25, 0.3) is 0 Å². The SMILES string of the molecule is CCOc1ccc(C(NN)C(C)CC)cc1. The summed E-state index contributed by atoms with van der Waals surface area (Å²) in [5.41, 5.74) is 4.09. The van der Waals surface area contributed by atoms with Crippen molar-refractivity contribution in [3.05, 3.63) is 29.8 Å². The van der Waals surface area contributed by atoms with Crippen LogP contribution in [0.25, 0.3) is 0 Å². The molecule has 0 radical (unpaired) electrons. The highest BCUT2D eigenvalue weighted by Gasteiger charge is 2.15. The van der Waals surface area contributed by atoms with E-state index < -0.39 is 0 Å². The number of hydrazine groups is 1. The van der Waals surface area contributed by atoms with E-state index in [4.69, 9.17) is 10.6 Å². The van der Waals surface area contributed by atoms with Crippen LogP contribution in [-0.2, 0) is 0 Å². The molecule has 0 spiro atoms. The molecule has 3 heteroatoms. The molecule has 0 bridgehead atoms. The summed E-state index contributed by atoms with van der Waals surface area (Å²) in [5, 5.41) is 0. The number of rotatable bonds is 6. The average Bonchev–Trinajstić information content (AvgIpc) is 2.32. The summed E-state index contributed by atoms with van der Waals surface area (Å²) in [4.78, 5) is 0. The molecule has 3 N–H and O–H groups in total. The number of hydrogen-bond donors (Lipinski definition) is 2. The minimum absolute atomic E-state index is 0.209. The first-order chi connectivity index (χ1) is 7.72. The van der Waals surface area contributed by atoms with Crippen molar-refractivity contribution < 1.29 is 4.74 Å². The van der Waals surface area contributed by atoms with Crippen LogP contribution in [0.4, 0.5) is 0 Å². The number of benzene rings is 1. The van der Waals surface area contributed by atoms with Crippen molar-refractivity contribution in [1.82, 2.24) is 5.43 Å². The summed E-state index contributed by atoms with van der Waals surface area (Å²) < 4.78 is 5.41. The second-order valence-corrected chi connectivity index (χ2v) is 4.03. The zero-order valence-electron chi connectivity index (χ0n) is 10.4. The molecule has 0 saturated heterocycles. The van der Waals surface area contributed by atoms with Gasteiger partial charge >= 0.3 is 0 Å². The van der Waals surface area contributed by atoms with Crippen molar-refractivity contribution in [3.63, 3.8) is 0 Å². The molecule has 0 aromatic heterocycles. The minimum atomic E-state index is 0.209. The van der Waals surface area contributed by atoms with E-state index in [0.717, 1.165) is 12.2 Å². The maximum atomic E-state index is 5.60. The highest BCUT2D eigenvalue weighted by molar-refractivity contribution is 5.29. The first-order valence-electron chi connectivity index (χ1n) is 5.91. The van der Waals surface area contributed by atoms with E-state index in [1.807, 2.05) is 19.1 Å². The third-order valence-electron chi connectivity index (χ3n) is 2.94. The Morgan fingerprint density at radius 2 is 1.88 bits per heavy atom. The molecule has 90 valence electrons. The van der Waals surface area contributed by atoms with Crippen molar-refractivity contribution in [1.29, 1.82) is 0 Å². The molecule has 0 fully saturated rings. The maximum absolute atomic E-state index is 5.60. The van der Waals surface area contributed by atoms with Crippen LogP contribution < -0.4 is 16.0 Å². The Hall–Kier alpha value is -1.06. The summed E-state index contributed by atoms with van der Waals surface area (Å²) in [7, 11) is 0. The van der Waals surface area contributed by atoms with E-state index in [9.17, 15) is 0 Å². The molecule has 0 aliphatic carbocycles. The lowest BCUT2D eigenvalue weighted by molar-refractivity contribution is 0.339. The Bertz CT molecular complexity index is 297. The lowest BCUT2D eigenvalue weighted by Gasteiger charge is -2.22. The topological polar surface area (TPSA) is 47.3 Å². The van der Waals surface area contributed by atoms with Gasteiger partial charge in [0.05, 0.1) is 6.61 Å². The third kappa shape index (κ3) is 3.22. The fourth-order valence-corrected chi connectivity index (χ4v) is 1.76. The second-order valence-electron chi connectivity index (χ2n) is 4.03. The Labute approximate surface area is 98.0 Å². The largest absolute Gasteiger partial charge is 0.494 e. The average molecular weight is 222 g/mol. The summed E-state index contributed by atoms with van der Waals surface area (Å²) in [5.74, 6) is 7.02. The van der Waals surface area contributed by atoms with Gasteiger partial charge in [0, 0.05) is 6.04 Å². The maximum Gasteiger partial charge on any atom is 0.119 e. The van der Waals surface area contributed by atoms with E-state index in [0.29, 0.717) is 12.5 Å². The molecule has 16 heavy (non-hydrogen) atoms. The first kappa shape index (κ1) is 13.0. The lowest BCUT2D eigenvalue weighted by Crippen LogP contribution is -2.32. The molecule has 0 amide bonds. The predicted molar refractivity (Wildman–Crippen MR) is 67.1 cm³/mol. The standard InChI is InChI=1S/C13H22N2O/c1-4-10(3)13(15-14)11-6-8-12(9-7-11)16-5-2/h6-10,13,15H,4-5,14H2,1-3H3. The molecule has 2 atom stereocenters. The first-order valence-corrected chi connectivity index (χ1v) is 5.91. The zero-order valence-corrected chi connectivity index (χ0v) is 10.4. The smallest absolute Gasteiger partial charge is 0.119 e. The van der Waals surface area contributed by atoms with Gasteiger partial charge in [0.2, 0.25) is 0 Å². The van der Waals surface area contributed by atoms with Gasteiger partial charge in [0.1, 0.15) is 5.75 Å². The Morgan fingerprint density at radius 3 is 2.31 bits per heavy atom. The molecule has 0 aliphatic heterocycles.